The van der Waals surface area contributed by atoms with Gasteiger partial charge in [-0.05, 0) is 13.3 Å². The predicted molar refractivity (Wildman–Crippen MR) is 42.6 cm³/mol. The number of hydrogen-bond donors (Lipinski definition) is 2. The Kier molecular flexibility index (Phi) is 1.85. The predicted octanol–water partition coefficient (Wildman–Crippen LogP) is 0.713. The van der Waals surface area contributed by atoms with Crippen molar-refractivity contribution in [2.45, 2.75) is 13.3 Å². The maximum atomic E-state index is 7.27. The van der Waals surface area contributed by atoms with E-state index in [1.165, 1.54) is 0 Å². The van der Waals surface area contributed by atoms with Gasteiger partial charge in [-0.1, -0.05) is 6.08 Å². The highest BCUT2D eigenvalue weighted by Gasteiger charge is 2.07. The van der Waals surface area contributed by atoms with Crippen LogP contribution < -0.4 is 5.73 Å². The van der Waals surface area contributed by atoms with Gasteiger partial charge < -0.3 is 11.1 Å². The molecular weight excluding hydrogens is 126 g/mol. The minimum atomic E-state index is 0.452. The van der Waals surface area contributed by atoms with Gasteiger partial charge in [0.15, 0.2) is 0 Å². The smallest absolute Gasteiger partial charge is 0.100 e. The molecule has 0 unspecified atom stereocenters. The highest BCUT2D eigenvalue weighted by atomic mass is 14.8. The van der Waals surface area contributed by atoms with E-state index >= 15 is 0 Å². The Labute approximate surface area is 60.2 Å². The lowest BCUT2D eigenvalue weighted by Crippen LogP contribution is -2.21. The summed E-state index contributed by atoms with van der Waals surface area (Å²) in [6, 6.07) is 0. The zero-order chi connectivity index (χ0) is 7.56. The Bertz CT molecular complexity index is 213. The van der Waals surface area contributed by atoms with Gasteiger partial charge in [0, 0.05) is 6.54 Å². The first-order valence-electron chi connectivity index (χ1n) is 3.28. The largest absolute Gasteiger partial charge is 0.397 e. The van der Waals surface area contributed by atoms with E-state index < -0.39 is 0 Å². The number of nitrogens with zero attached hydrogens (tertiary/aromatic N) is 1. The molecule has 3 heteroatoms. The summed E-state index contributed by atoms with van der Waals surface area (Å²) in [6.45, 7) is 2.47. The molecular formula is C7H11N3. The van der Waals surface area contributed by atoms with E-state index in [0.29, 0.717) is 17.1 Å². The Balaban J connectivity index is 2.84. The van der Waals surface area contributed by atoms with Crippen LogP contribution in [0, 0.1) is 5.41 Å². The molecule has 0 aliphatic carbocycles. The maximum Gasteiger partial charge on any atom is 0.100 e. The van der Waals surface area contributed by atoms with Crippen LogP contribution in [0.3, 0.4) is 0 Å². The summed E-state index contributed by atoms with van der Waals surface area (Å²) in [4.78, 5) is 4.11. The van der Waals surface area contributed by atoms with Crippen LogP contribution in [0.5, 0.6) is 0 Å². The Morgan fingerprint density at radius 2 is 2.50 bits per heavy atom. The monoisotopic (exact) mass is 137 g/mol. The van der Waals surface area contributed by atoms with Crippen molar-refractivity contribution in [3.05, 3.63) is 11.8 Å². The third kappa shape index (κ3) is 1.23. The van der Waals surface area contributed by atoms with Crippen LogP contribution in [0.1, 0.15) is 13.3 Å². The van der Waals surface area contributed by atoms with Crippen LogP contribution in [0.15, 0.2) is 16.8 Å². The standard InChI is InChI=1S/C7H11N3/c1-5(8)7-6(9)3-2-4-10-7/h3,8H,2,4,9H2,1H3. The zero-order valence-electron chi connectivity index (χ0n) is 6.02. The van der Waals surface area contributed by atoms with Crippen molar-refractivity contribution >= 4 is 11.4 Å². The van der Waals surface area contributed by atoms with Gasteiger partial charge in [0.25, 0.3) is 0 Å². The average molecular weight is 137 g/mol. The zero-order valence-corrected chi connectivity index (χ0v) is 6.02. The van der Waals surface area contributed by atoms with Crippen LogP contribution in [-0.4, -0.2) is 18.0 Å². The SMILES string of the molecule is CC(=N)C1=NCCC=C1N. The van der Waals surface area contributed by atoms with E-state index in [9.17, 15) is 0 Å². The number of nitrogens with two attached hydrogens (primary N) is 1. The van der Waals surface area contributed by atoms with Gasteiger partial charge in [0.2, 0.25) is 0 Å². The van der Waals surface area contributed by atoms with Gasteiger partial charge in [-0.25, -0.2) is 0 Å². The molecule has 3 N–H and O–H groups in total. The highest BCUT2D eigenvalue weighted by molar-refractivity contribution is 6.46. The van der Waals surface area contributed by atoms with Gasteiger partial charge in [-0.2, -0.15) is 0 Å². The van der Waals surface area contributed by atoms with Crippen molar-refractivity contribution in [2.24, 2.45) is 10.7 Å². The van der Waals surface area contributed by atoms with E-state index in [1.54, 1.807) is 6.92 Å². The fourth-order valence-electron chi connectivity index (χ4n) is 0.919. The third-order valence-corrected chi connectivity index (χ3v) is 1.39. The Hall–Kier alpha value is -1.12. The molecule has 0 spiro atoms. The summed E-state index contributed by atoms with van der Waals surface area (Å²) in [5.41, 5.74) is 7.33. The van der Waals surface area contributed by atoms with Crippen molar-refractivity contribution in [2.75, 3.05) is 6.54 Å². The molecule has 54 valence electrons. The van der Waals surface area contributed by atoms with E-state index in [4.69, 9.17) is 11.1 Å². The van der Waals surface area contributed by atoms with Crippen molar-refractivity contribution in [3.63, 3.8) is 0 Å². The van der Waals surface area contributed by atoms with Crippen LogP contribution in [0.2, 0.25) is 0 Å². The number of nitrogens with one attached hydrogen (secondary N) is 1. The molecule has 0 radical (unpaired) electrons. The molecule has 0 fully saturated rings. The molecule has 0 atom stereocenters. The number of rotatable bonds is 1. The molecule has 1 aliphatic rings. The maximum absolute atomic E-state index is 7.27. The summed E-state index contributed by atoms with van der Waals surface area (Å²) < 4.78 is 0. The quantitative estimate of drug-likeness (QED) is 0.514. The minimum Gasteiger partial charge on any atom is -0.397 e. The lowest BCUT2D eigenvalue weighted by Gasteiger charge is -2.08. The van der Waals surface area contributed by atoms with E-state index in [1.807, 2.05) is 6.08 Å². The Morgan fingerprint density at radius 1 is 1.80 bits per heavy atom. The second kappa shape index (κ2) is 2.64. The van der Waals surface area contributed by atoms with Crippen molar-refractivity contribution in [1.82, 2.24) is 0 Å². The molecule has 0 aromatic carbocycles. The highest BCUT2D eigenvalue weighted by Crippen LogP contribution is 2.02. The van der Waals surface area contributed by atoms with Gasteiger partial charge in [0.1, 0.15) is 5.71 Å². The lowest BCUT2D eigenvalue weighted by molar-refractivity contribution is 0.978. The number of allylic oxidation sites excluding steroid dienone is 1. The van der Waals surface area contributed by atoms with Crippen LogP contribution >= 0.6 is 0 Å². The molecule has 0 aromatic heterocycles. The fraction of sp³-hybridized carbons (Fsp3) is 0.429. The first-order valence-corrected chi connectivity index (χ1v) is 3.28. The second-order valence-electron chi connectivity index (χ2n) is 2.30. The molecule has 0 amide bonds. The topological polar surface area (TPSA) is 62.2 Å². The van der Waals surface area contributed by atoms with Crippen LogP contribution in [-0.2, 0) is 0 Å². The molecule has 0 saturated heterocycles. The fourth-order valence-corrected chi connectivity index (χ4v) is 0.919. The molecule has 1 rings (SSSR count). The van der Waals surface area contributed by atoms with Crippen molar-refractivity contribution in [1.29, 1.82) is 5.41 Å². The third-order valence-electron chi connectivity index (χ3n) is 1.39. The Morgan fingerprint density at radius 3 is 2.90 bits per heavy atom. The number of hydrogen-bond acceptors (Lipinski definition) is 3. The van der Waals surface area contributed by atoms with E-state index in [0.717, 1.165) is 13.0 Å². The van der Waals surface area contributed by atoms with Crippen molar-refractivity contribution < 1.29 is 0 Å². The van der Waals surface area contributed by atoms with E-state index in [2.05, 4.69) is 4.99 Å². The minimum absolute atomic E-state index is 0.452. The summed E-state index contributed by atoms with van der Waals surface area (Å²) >= 11 is 0. The average Bonchev–Trinajstić information content (AvgIpc) is 1.88. The molecule has 1 aliphatic heterocycles. The number of dihydropyridines is 1. The summed E-state index contributed by atoms with van der Waals surface area (Å²) in [6.07, 6.45) is 2.82. The van der Waals surface area contributed by atoms with Gasteiger partial charge >= 0.3 is 0 Å². The summed E-state index contributed by atoms with van der Waals surface area (Å²) in [5, 5.41) is 7.27. The first-order chi connectivity index (χ1) is 4.72. The van der Waals surface area contributed by atoms with Crippen molar-refractivity contribution in [3.8, 4) is 0 Å². The molecule has 3 nitrogen and oxygen atoms in total. The molecule has 1 heterocycles. The van der Waals surface area contributed by atoms with Gasteiger partial charge in [-0.3, -0.25) is 4.99 Å². The molecule has 0 aromatic rings. The molecule has 10 heavy (non-hydrogen) atoms. The molecule has 0 saturated carbocycles. The van der Waals surface area contributed by atoms with Gasteiger partial charge in [-0.15, -0.1) is 0 Å². The van der Waals surface area contributed by atoms with E-state index in [-0.39, 0.29) is 0 Å². The van der Waals surface area contributed by atoms with Crippen LogP contribution in [0.25, 0.3) is 0 Å². The molecule has 0 bridgehead atoms. The van der Waals surface area contributed by atoms with Crippen LogP contribution in [0.4, 0.5) is 0 Å². The second-order valence-corrected chi connectivity index (χ2v) is 2.30. The van der Waals surface area contributed by atoms with Gasteiger partial charge in [0.05, 0.1) is 11.4 Å². The summed E-state index contributed by atoms with van der Waals surface area (Å²) in [5.74, 6) is 0. The number of aliphatic imine (C=N–C) groups is 1. The lowest BCUT2D eigenvalue weighted by atomic mass is 10.1. The summed E-state index contributed by atoms with van der Waals surface area (Å²) in [7, 11) is 0. The normalized spacial score (nSPS) is 17.7. The first kappa shape index (κ1) is 6.99.